The van der Waals surface area contributed by atoms with E-state index in [1.807, 2.05) is 53.1 Å². The Balaban J connectivity index is 0.000000188. The normalized spacial score (nSPS) is 13.6. The zero-order valence-electron chi connectivity index (χ0n) is 66.4. The summed E-state index contributed by atoms with van der Waals surface area (Å²) >= 11 is 12.5. The molecule has 9 aromatic rings. The highest BCUT2D eigenvalue weighted by Gasteiger charge is 2.43. The number of carbonyl (C=O) groups is 5. The molecule has 6 heterocycles. The van der Waals surface area contributed by atoms with E-state index in [1.54, 1.807) is 111 Å². The van der Waals surface area contributed by atoms with Crippen LogP contribution in [0.15, 0.2) is 184 Å². The van der Waals surface area contributed by atoms with Gasteiger partial charge in [0.15, 0.2) is 0 Å². The fourth-order valence-electron chi connectivity index (χ4n) is 12.1. The van der Waals surface area contributed by atoms with Crippen molar-refractivity contribution in [2.75, 3.05) is 153 Å². The number of ether oxygens (including phenoxy) is 6. The summed E-state index contributed by atoms with van der Waals surface area (Å²) in [5.41, 5.74) is 6.78. The van der Waals surface area contributed by atoms with Gasteiger partial charge >= 0.3 is 12.1 Å². The fourth-order valence-corrected chi connectivity index (χ4v) is 13.2. The Kier molecular flexibility index (Phi) is 29.9. The van der Waals surface area contributed by atoms with Gasteiger partial charge in [0.25, 0.3) is 0 Å². The number of alkyl halides is 3. The Morgan fingerprint density at radius 2 is 0.815 bits per heavy atom. The number of rotatable bonds is 26. The predicted octanol–water partition coefficient (Wildman–Crippen LogP) is 14.4. The van der Waals surface area contributed by atoms with Crippen LogP contribution in [0.1, 0.15) is 32.8 Å². The molecular formula is C82H89Cl2F3N18O13S. The van der Waals surface area contributed by atoms with Crippen LogP contribution in [0.4, 0.5) is 82.2 Å². The monoisotopic (exact) mass is 1690 g/mol. The van der Waals surface area contributed by atoms with Crippen molar-refractivity contribution in [2.45, 2.75) is 40.3 Å². The van der Waals surface area contributed by atoms with Gasteiger partial charge in [-0.05, 0) is 103 Å². The second-order valence-corrected chi connectivity index (χ2v) is 30.7. The predicted molar refractivity (Wildman–Crippen MR) is 452 cm³/mol. The van der Waals surface area contributed by atoms with Crippen molar-refractivity contribution >= 4 is 132 Å². The molecule has 0 spiro atoms. The molecule has 3 aromatic heterocycles. The van der Waals surface area contributed by atoms with Gasteiger partial charge in [-0.25, -0.2) is 23.4 Å². The molecule has 626 valence electrons. The molecule has 0 atom stereocenters. The molecule has 3 aliphatic heterocycles. The third-order valence-corrected chi connectivity index (χ3v) is 19.9. The fraction of sp³-hybridized carbons (Fsp3) is 0.280. The van der Waals surface area contributed by atoms with Crippen LogP contribution in [-0.4, -0.2) is 194 Å². The number of nitrogens with one attached hydrogen (secondary N) is 6. The van der Waals surface area contributed by atoms with Crippen LogP contribution in [0.3, 0.4) is 0 Å². The summed E-state index contributed by atoms with van der Waals surface area (Å²) in [4.78, 5) is 94.0. The van der Waals surface area contributed by atoms with Crippen LogP contribution in [0.5, 0.6) is 52.1 Å². The van der Waals surface area contributed by atoms with Gasteiger partial charge in [0.2, 0.25) is 69.1 Å². The first-order chi connectivity index (χ1) is 56.8. The summed E-state index contributed by atoms with van der Waals surface area (Å²) in [5.74, 6) is 1.57. The van der Waals surface area contributed by atoms with E-state index in [9.17, 15) is 45.6 Å². The maximum atomic E-state index is 12.7. The number of benzene rings is 6. The van der Waals surface area contributed by atoms with Crippen molar-refractivity contribution in [3.05, 3.63) is 200 Å². The van der Waals surface area contributed by atoms with Crippen molar-refractivity contribution in [2.24, 2.45) is 5.41 Å². The Morgan fingerprint density at radius 3 is 1.15 bits per heavy atom. The standard InChI is InChI=1S/C30H35ClN6O4.C26H24ClF3N6O4.C26H30N6O5S/c1-6-26(38)33-20-8-7-9-22(16-20)41-28-23(31)19-32-29(35-28)34-24-11-10-21(17-25(24)40-5)36-12-14-37(15-13-36)27(39)18-30(2,3)4;1-3-22(37)32-16-5-4-6-18(13-16)40-23-19(27)15-31-25(34-23)33-20-8-7-17(14-21(20)39-2)35-9-11-36(12-10-35)24(38)26(28,29)30;1-5-24(33)28-19-7-6-8-21(15-19)37-25-18(2)17-27-26(30-25)29-22-10-9-20(16-23(22)36-3)31-11-13-32(14-12-31)38(4,34)35/h6-11,16-17,19H,1,12-15,18H2,2-5H3,(H,33,38)(H,32,34,35);3-8,13-15H,1,9-12H2,2H3,(H,32,37)(H,31,33,34);5-10,15-17H,1,11-14H2,2-4H3,(H,28,33)(H,27,29,30). The molecule has 0 bridgehead atoms. The lowest BCUT2D eigenvalue weighted by molar-refractivity contribution is -0.185. The van der Waals surface area contributed by atoms with E-state index in [-0.39, 0.29) is 88.9 Å². The summed E-state index contributed by atoms with van der Waals surface area (Å²) in [6.45, 7) is 23.7. The first-order valence-electron chi connectivity index (χ1n) is 37.0. The van der Waals surface area contributed by atoms with Crippen molar-refractivity contribution in [1.29, 1.82) is 0 Å². The highest BCUT2D eigenvalue weighted by atomic mass is 35.5. The molecule has 6 N–H and O–H groups in total. The van der Waals surface area contributed by atoms with Gasteiger partial charge in [-0.1, -0.05) is 81.9 Å². The third kappa shape index (κ3) is 25.3. The molecule has 3 aliphatic rings. The van der Waals surface area contributed by atoms with Crippen molar-refractivity contribution in [1.82, 2.24) is 44.0 Å². The van der Waals surface area contributed by atoms with Crippen LogP contribution in [0.2, 0.25) is 10.0 Å². The summed E-state index contributed by atoms with van der Waals surface area (Å²) in [6, 6.07) is 37.1. The third-order valence-electron chi connectivity index (χ3n) is 18.1. The lowest BCUT2D eigenvalue weighted by atomic mass is 9.91. The molecule has 3 saturated heterocycles. The van der Waals surface area contributed by atoms with E-state index in [0.29, 0.717) is 132 Å². The van der Waals surface area contributed by atoms with Crippen molar-refractivity contribution < 1.29 is 74.0 Å². The lowest BCUT2D eigenvalue weighted by Crippen LogP contribution is -2.52. The minimum atomic E-state index is -4.89. The lowest BCUT2D eigenvalue weighted by Gasteiger charge is -2.37. The molecule has 119 heavy (non-hydrogen) atoms. The zero-order chi connectivity index (χ0) is 85.7. The van der Waals surface area contributed by atoms with E-state index in [0.717, 1.165) is 41.0 Å². The molecule has 6 aromatic carbocycles. The SMILES string of the molecule is C=CC(=O)Nc1cccc(Oc2nc(Nc3ccc(N4CCN(C(=O)C(F)(F)F)CC4)cc3OC)ncc2Cl)c1.C=CC(=O)Nc1cccc(Oc2nc(Nc3ccc(N4CCN(C(=O)CC(C)(C)C)CC4)cc3OC)ncc2Cl)c1.C=CC(=O)Nc1cccc(Oc2nc(Nc3ccc(N4CCN(S(C)(=O)=O)CC4)cc3OC)ncc2C)c1. The van der Waals surface area contributed by atoms with Gasteiger partial charge in [0, 0.05) is 167 Å². The Hall–Kier alpha value is -13.0. The number of methoxy groups -OCH3 is 3. The number of sulfonamides is 1. The van der Waals surface area contributed by atoms with Gasteiger partial charge < -0.3 is 84.8 Å². The Labute approximate surface area is 696 Å². The molecular weight excluding hydrogens is 1600 g/mol. The van der Waals surface area contributed by atoms with E-state index < -0.39 is 22.1 Å². The quantitative estimate of drug-likeness (QED) is 0.0274. The van der Waals surface area contributed by atoms with Gasteiger partial charge in [-0.3, -0.25) is 24.0 Å². The van der Waals surface area contributed by atoms with Crippen LogP contribution in [0.25, 0.3) is 0 Å². The molecule has 5 amide bonds. The average Bonchev–Trinajstić information content (AvgIpc) is 0.819. The highest BCUT2D eigenvalue weighted by Crippen LogP contribution is 2.39. The van der Waals surface area contributed by atoms with Gasteiger partial charge in [0.1, 0.15) is 44.5 Å². The van der Waals surface area contributed by atoms with E-state index in [2.05, 4.69) is 112 Å². The number of hydrogen-bond acceptors (Lipinski definition) is 25. The number of hydrogen-bond donors (Lipinski definition) is 6. The van der Waals surface area contributed by atoms with Crippen molar-refractivity contribution in [3.8, 4) is 52.1 Å². The number of aromatic nitrogens is 6. The molecule has 12 rings (SSSR count). The van der Waals surface area contributed by atoms with E-state index in [4.69, 9.17) is 51.6 Å². The molecule has 31 nitrogen and oxygen atoms in total. The number of amides is 5. The number of carbonyl (C=O) groups excluding carboxylic acids is 5. The Morgan fingerprint density at radius 1 is 0.479 bits per heavy atom. The highest BCUT2D eigenvalue weighted by molar-refractivity contribution is 7.88. The summed E-state index contributed by atoms with van der Waals surface area (Å²) in [7, 11) is 1.46. The number of anilines is 12. The first kappa shape index (κ1) is 88.4. The maximum absolute atomic E-state index is 12.7. The summed E-state index contributed by atoms with van der Waals surface area (Å²) in [5, 5.41) is 17.8. The van der Waals surface area contributed by atoms with Crippen LogP contribution in [0, 0.1) is 12.3 Å². The molecule has 0 radical (unpaired) electrons. The maximum Gasteiger partial charge on any atom is 0.471 e. The van der Waals surface area contributed by atoms with Gasteiger partial charge in [-0.15, -0.1) is 0 Å². The number of aryl methyl sites for hydroxylation is 1. The van der Waals surface area contributed by atoms with Crippen molar-refractivity contribution in [3.63, 3.8) is 0 Å². The zero-order valence-corrected chi connectivity index (χ0v) is 68.7. The molecule has 0 unspecified atom stereocenters. The molecule has 3 fully saturated rings. The Bertz CT molecular complexity index is 5300. The molecule has 37 heteroatoms. The second-order valence-electron chi connectivity index (χ2n) is 27.9. The minimum absolute atomic E-state index is 0.0272. The van der Waals surface area contributed by atoms with Gasteiger partial charge in [0.05, 0.1) is 57.0 Å². The number of halogens is 5. The number of nitrogens with zero attached hydrogens (tertiary/aromatic N) is 12. The smallest absolute Gasteiger partial charge is 0.471 e. The topological polar surface area (TPSA) is 344 Å². The van der Waals surface area contributed by atoms with Crippen LogP contribution in [-0.2, 0) is 34.0 Å². The number of piperazine rings is 3. The minimum Gasteiger partial charge on any atom is -0.494 e. The summed E-state index contributed by atoms with van der Waals surface area (Å²) < 4.78 is 97.7. The van der Waals surface area contributed by atoms with Crippen LogP contribution >= 0.6 is 23.2 Å². The average molecular weight is 1690 g/mol. The van der Waals surface area contributed by atoms with E-state index in [1.165, 1.54) is 42.2 Å². The summed E-state index contributed by atoms with van der Waals surface area (Å²) in [6.07, 6.45) is 4.86. The van der Waals surface area contributed by atoms with Crippen LogP contribution < -0.4 is 75.0 Å². The van der Waals surface area contributed by atoms with E-state index >= 15 is 0 Å². The molecule has 0 saturated carbocycles. The van der Waals surface area contributed by atoms with Gasteiger partial charge in [-0.2, -0.15) is 32.4 Å². The second kappa shape index (κ2) is 40.2. The molecule has 0 aliphatic carbocycles. The first-order valence-corrected chi connectivity index (χ1v) is 39.6. The largest absolute Gasteiger partial charge is 0.494 e.